The van der Waals surface area contributed by atoms with Gasteiger partial charge in [0.2, 0.25) is 0 Å². The number of hydrogen-bond donors (Lipinski definition) is 0. The second kappa shape index (κ2) is 9.58. The van der Waals surface area contributed by atoms with Crippen molar-refractivity contribution in [3.8, 4) is 0 Å². The fourth-order valence-electron chi connectivity index (χ4n) is 1.50. The second-order valence-electron chi connectivity index (χ2n) is 4.63. The van der Waals surface area contributed by atoms with E-state index in [1.54, 1.807) is 0 Å². The molecule has 0 bridgehead atoms. The molecular formula is C12H27BO. The molecule has 0 radical (unpaired) electrons. The largest absolute Gasteiger partial charge is 0.436 e. The molecule has 0 saturated heterocycles. The van der Waals surface area contributed by atoms with Crippen molar-refractivity contribution in [1.29, 1.82) is 0 Å². The molecule has 0 aromatic heterocycles. The van der Waals surface area contributed by atoms with Gasteiger partial charge in [-0.15, -0.1) is 0 Å². The van der Waals surface area contributed by atoms with Gasteiger partial charge in [-0.3, -0.25) is 0 Å². The normalized spacial score (nSPS) is 10.9. The van der Waals surface area contributed by atoms with Crippen LogP contribution < -0.4 is 0 Å². The van der Waals surface area contributed by atoms with Crippen LogP contribution in [0.2, 0.25) is 12.6 Å². The van der Waals surface area contributed by atoms with Crippen molar-refractivity contribution in [1.82, 2.24) is 0 Å². The number of hydrogen-bond acceptors (Lipinski definition) is 1. The van der Waals surface area contributed by atoms with Gasteiger partial charge in [0, 0.05) is 6.61 Å². The smallest absolute Gasteiger partial charge is 0.293 e. The number of unbranched alkanes of at least 4 members (excludes halogenated alkanes) is 2. The van der Waals surface area contributed by atoms with Gasteiger partial charge in [0.05, 0.1) is 0 Å². The summed E-state index contributed by atoms with van der Waals surface area (Å²) in [6.07, 6.45) is 7.70. The average molecular weight is 198 g/mol. The summed E-state index contributed by atoms with van der Waals surface area (Å²) in [7, 11) is 0. The quantitative estimate of drug-likeness (QED) is 0.503. The highest BCUT2D eigenvalue weighted by Crippen LogP contribution is 2.12. The summed E-state index contributed by atoms with van der Waals surface area (Å²) in [5.74, 6) is 0.667. The highest BCUT2D eigenvalue weighted by atomic mass is 16.4. The molecule has 1 nitrogen and oxygen atoms in total. The maximum absolute atomic E-state index is 5.91. The molecule has 0 aliphatic rings. The predicted octanol–water partition coefficient (Wildman–Crippen LogP) is 4.25. The summed E-state index contributed by atoms with van der Waals surface area (Å²) in [4.78, 5) is 0. The fraction of sp³-hybridized carbons (Fsp3) is 1.00. The molecule has 2 heteroatoms. The summed E-state index contributed by atoms with van der Waals surface area (Å²) >= 11 is 0. The van der Waals surface area contributed by atoms with Crippen molar-refractivity contribution in [2.24, 2.45) is 5.92 Å². The van der Waals surface area contributed by atoms with E-state index in [0.29, 0.717) is 12.8 Å². The van der Waals surface area contributed by atoms with Crippen LogP contribution in [0, 0.1) is 5.92 Å². The topological polar surface area (TPSA) is 9.23 Å². The van der Waals surface area contributed by atoms with Gasteiger partial charge >= 0.3 is 0 Å². The molecule has 84 valence electrons. The van der Waals surface area contributed by atoms with E-state index in [-0.39, 0.29) is 0 Å². The van der Waals surface area contributed by atoms with Crippen LogP contribution in [0.15, 0.2) is 0 Å². The van der Waals surface area contributed by atoms with E-state index < -0.39 is 0 Å². The van der Waals surface area contributed by atoms with E-state index in [0.717, 1.165) is 6.61 Å². The zero-order chi connectivity index (χ0) is 10.8. The third kappa shape index (κ3) is 8.62. The minimum absolute atomic E-state index is 0.525. The first-order valence-corrected chi connectivity index (χ1v) is 6.32. The molecule has 0 heterocycles. The molecule has 0 rings (SSSR count). The molecule has 0 saturated carbocycles. The van der Waals surface area contributed by atoms with Crippen LogP contribution in [0.25, 0.3) is 0 Å². The Bertz CT molecular complexity index is 107. The Morgan fingerprint density at radius 3 is 1.86 bits per heavy atom. The van der Waals surface area contributed by atoms with Gasteiger partial charge in [-0.25, -0.2) is 0 Å². The van der Waals surface area contributed by atoms with Gasteiger partial charge in [0.25, 0.3) is 6.92 Å². The summed E-state index contributed by atoms with van der Waals surface area (Å²) in [6.45, 7) is 10.4. The third-order valence-electron chi connectivity index (χ3n) is 2.42. The fourth-order valence-corrected chi connectivity index (χ4v) is 1.50. The Morgan fingerprint density at radius 1 is 1.00 bits per heavy atom. The van der Waals surface area contributed by atoms with Gasteiger partial charge in [0.1, 0.15) is 0 Å². The second-order valence-corrected chi connectivity index (χ2v) is 4.63. The van der Waals surface area contributed by atoms with Crippen molar-refractivity contribution in [3.05, 3.63) is 0 Å². The zero-order valence-corrected chi connectivity index (χ0v) is 10.5. The molecule has 0 aliphatic heterocycles. The molecule has 0 spiro atoms. The molecule has 14 heavy (non-hydrogen) atoms. The molecule has 0 fully saturated rings. The molecule has 0 amide bonds. The maximum atomic E-state index is 5.91. The molecule has 0 unspecified atom stereocenters. The Hall–Kier alpha value is 0.0249. The first-order valence-electron chi connectivity index (χ1n) is 6.32. The molecule has 0 aromatic carbocycles. The van der Waals surface area contributed by atoms with Crippen LogP contribution in [-0.4, -0.2) is 13.5 Å². The predicted molar refractivity (Wildman–Crippen MR) is 66.0 cm³/mol. The van der Waals surface area contributed by atoms with Crippen molar-refractivity contribution in [2.45, 2.75) is 66.0 Å². The summed E-state index contributed by atoms with van der Waals surface area (Å²) < 4.78 is 5.91. The third-order valence-corrected chi connectivity index (χ3v) is 2.42. The lowest BCUT2D eigenvalue weighted by molar-refractivity contribution is 0.269. The summed E-state index contributed by atoms with van der Waals surface area (Å²) in [5, 5.41) is 0. The van der Waals surface area contributed by atoms with E-state index in [1.165, 1.54) is 38.3 Å². The van der Waals surface area contributed by atoms with Crippen LogP contribution in [0.3, 0.4) is 0 Å². The van der Waals surface area contributed by atoms with Crippen LogP contribution in [0.5, 0.6) is 0 Å². The lowest BCUT2D eigenvalue weighted by Gasteiger charge is -2.15. The van der Waals surface area contributed by atoms with E-state index in [1.807, 2.05) is 0 Å². The van der Waals surface area contributed by atoms with Crippen molar-refractivity contribution in [2.75, 3.05) is 6.61 Å². The molecule has 0 aliphatic carbocycles. The van der Waals surface area contributed by atoms with Crippen LogP contribution >= 0.6 is 0 Å². The molecule has 0 N–H and O–H groups in total. The monoisotopic (exact) mass is 198 g/mol. The van der Waals surface area contributed by atoms with Gasteiger partial charge in [0.15, 0.2) is 0 Å². The van der Waals surface area contributed by atoms with Gasteiger partial charge in [-0.05, 0) is 18.6 Å². The Labute approximate surface area is 90.7 Å². The highest BCUT2D eigenvalue weighted by Gasteiger charge is 2.14. The standard InChI is InChI=1S/C12H27BO/c1-5-7-9-13(10-8-6-2)14-11-12(3)4/h12H,5-11H2,1-4H3. The van der Waals surface area contributed by atoms with E-state index >= 15 is 0 Å². The number of rotatable bonds is 9. The van der Waals surface area contributed by atoms with E-state index in [9.17, 15) is 0 Å². The molecule has 0 atom stereocenters. The Morgan fingerprint density at radius 2 is 1.50 bits per heavy atom. The summed E-state index contributed by atoms with van der Waals surface area (Å²) in [5.41, 5.74) is 0. The van der Waals surface area contributed by atoms with E-state index in [2.05, 4.69) is 27.7 Å². The zero-order valence-electron chi connectivity index (χ0n) is 10.5. The van der Waals surface area contributed by atoms with Gasteiger partial charge in [-0.2, -0.15) is 0 Å². The van der Waals surface area contributed by atoms with E-state index in [4.69, 9.17) is 4.65 Å². The maximum Gasteiger partial charge on any atom is 0.293 e. The van der Waals surface area contributed by atoms with Gasteiger partial charge < -0.3 is 4.65 Å². The lowest BCUT2D eigenvalue weighted by Crippen LogP contribution is -2.20. The highest BCUT2D eigenvalue weighted by molar-refractivity contribution is 6.51. The minimum atomic E-state index is 0.525. The Kier molecular flexibility index (Phi) is 9.59. The van der Waals surface area contributed by atoms with Crippen molar-refractivity contribution >= 4 is 6.92 Å². The molecule has 0 aromatic rings. The first kappa shape index (κ1) is 14.0. The van der Waals surface area contributed by atoms with Crippen molar-refractivity contribution < 1.29 is 4.65 Å². The van der Waals surface area contributed by atoms with Crippen LogP contribution in [0.4, 0.5) is 0 Å². The van der Waals surface area contributed by atoms with Gasteiger partial charge in [-0.1, -0.05) is 53.4 Å². The SMILES string of the molecule is CCCCB(CCCC)OCC(C)C. The molecular weight excluding hydrogens is 171 g/mol. The Balaban J connectivity index is 3.60. The van der Waals surface area contributed by atoms with Crippen molar-refractivity contribution in [3.63, 3.8) is 0 Å². The first-order chi connectivity index (χ1) is 6.70. The minimum Gasteiger partial charge on any atom is -0.436 e. The lowest BCUT2D eigenvalue weighted by atomic mass is 9.59. The van der Waals surface area contributed by atoms with Crippen LogP contribution in [0.1, 0.15) is 53.4 Å². The summed E-state index contributed by atoms with van der Waals surface area (Å²) in [6, 6.07) is 0. The van der Waals surface area contributed by atoms with Crippen LogP contribution in [-0.2, 0) is 4.65 Å². The average Bonchev–Trinajstić information content (AvgIpc) is 2.16.